The molecule has 3 aromatic rings. The normalized spacial score (nSPS) is 18.5. The van der Waals surface area contributed by atoms with Crippen molar-refractivity contribution < 1.29 is 41.0 Å². The van der Waals surface area contributed by atoms with Crippen LogP contribution in [0.15, 0.2) is 29.8 Å². The van der Waals surface area contributed by atoms with Crippen molar-refractivity contribution in [1.29, 1.82) is 0 Å². The number of rotatable bonds is 9. The number of nitrogens with zero attached hydrogens (tertiary/aromatic N) is 1. The lowest BCUT2D eigenvalue weighted by molar-refractivity contribution is -0.192. The van der Waals surface area contributed by atoms with Gasteiger partial charge in [0.2, 0.25) is 10.0 Å². The minimum Gasteiger partial charge on any atom is -0.475 e. The summed E-state index contributed by atoms with van der Waals surface area (Å²) in [6.45, 7) is 5.22. The zero-order chi connectivity index (χ0) is 31.4. The number of H-pyrrole nitrogens is 1. The first-order chi connectivity index (χ1) is 20.3. The molecule has 43 heavy (non-hydrogen) atoms. The Bertz CT molecular complexity index is 1540. The number of aromatic nitrogens is 1. The van der Waals surface area contributed by atoms with Gasteiger partial charge in [-0.1, -0.05) is 0 Å². The number of aromatic amines is 1. The largest absolute Gasteiger partial charge is 0.490 e. The van der Waals surface area contributed by atoms with Gasteiger partial charge in [-0.3, -0.25) is 4.79 Å². The van der Waals surface area contributed by atoms with Crippen molar-refractivity contribution in [2.75, 3.05) is 32.0 Å². The van der Waals surface area contributed by atoms with Gasteiger partial charge in [0, 0.05) is 49.2 Å². The van der Waals surface area contributed by atoms with Crippen molar-refractivity contribution >= 4 is 44.1 Å². The number of piperidine rings is 1. The van der Waals surface area contributed by atoms with Crippen LogP contribution in [0.1, 0.15) is 59.3 Å². The fourth-order valence-corrected chi connectivity index (χ4v) is 7.36. The first-order valence-corrected chi connectivity index (χ1v) is 16.4. The highest BCUT2D eigenvalue weighted by Crippen LogP contribution is 2.38. The van der Waals surface area contributed by atoms with Crippen LogP contribution in [0.3, 0.4) is 0 Å². The maximum Gasteiger partial charge on any atom is 0.490 e. The van der Waals surface area contributed by atoms with Crippen LogP contribution < -0.4 is 11.1 Å². The molecule has 1 aromatic carbocycles. The van der Waals surface area contributed by atoms with Crippen LogP contribution in [-0.2, 0) is 26.1 Å². The van der Waals surface area contributed by atoms with Crippen molar-refractivity contribution in [2.24, 2.45) is 5.73 Å². The Kier molecular flexibility index (Phi) is 10.5. The summed E-state index contributed by atoms with van der Waals surface area (Å²) in [6.07, 6.45) is 0.945. The Morgan fingerprint density at radius 3 is 2.47 bits per heavy atom. The van der Waals surface area contributed by atoms with Gasteiger partial charge in [0.25, 0.3) is 5.91 Å². The molecule has 0 aliphatic carbocycles. The molecule has 15 heteroatoms. The van der Waals surface area contributed by atoms with Gasteiger partial charge >= 0.3 is 12.1 Å². The van der Waals surface area contributed by atoms with E-state index in [4.69, 9.17) is 20.4 Å². The van der Waals surface area contributed by atoms with Gasteiger partial charge in [0.15, 0.2) is 0 Å². The second-order valence-corrected chi connectivity index (χ2v) is 13.8. The van der Waals surface area contributed by atoms with Gasteiger partial charge in [-0.25, -0.2) is 17.5 Å². The van der Waals surface area contributed by atoms with Crippen molar-refractivity contribution in [3.8, 4) is 11.1 Å². The number of aliphatic carboxylic acids is 1. The van der Waals surface area contributed by atoms with Crippen molar-refractivity contribution in [2.45, 2.75) is 57.3 Å². The molecule has 0 unspecified atom stereocenters. The summed E-state index contributed by atoms with van der Waals surface area (Å²) < 4.78 is 63.6. The van der Waals surface area contributed by atoms with Gasteiger partial charge in [-0.2, -0.15) is 13.2 Å². The van der Waals surface area contributed by atoms with E-state index < -0.39 is 28.1 Å². The summed E-state index contributed by atoms with van der Waals surface area (Å²) >= 11 is 1.70. The second kappa shape index (κ2) is 13.8. The number of benzene rings is 1. The molecular formula is C28H35F3N4O6S2. The number of ether oxygens (including phenoxy) is 1. The maximum absolute atomic E-state index is 12.4. The molecule has 236 valence electrons. The standard InChI is InChI=1S/C26H34N4O4S2.C2HF3O2/c1-2-36(32,33)30-7-5-17(6-8-30)24-15-29-25-22(24)11-18(12-23(25)26(27)31)19-10-21(35-16-19)14-28-13-20-4-3-9-34-20;3-2(4,5)1(6)7/h10-12,15-17,20,28-29H,2-9,13-14H2,1H3,(H2,27,31);(H,6,7)/t20-;/m0./s1. The van der Waals surface area contributed by atoms with Crippen LogP contribution in [0.25, 0.3) is 22.0 Å². The summed E-state index contributed by atoms with van der Waals surface area (Å²) in [5.41, 5.74) is 10.1. The summed E-state index contributed by atoms with van der Waals surface area (Å²) in [4.78, 5) is 25.7. The predicted molar refractivity (Wildman–Crippen MR) is 158 cm³/mol. The lowest BCUT2D eigenvalue weighted by atomic mass is 9.88. The van der Waals surface area contributed by atoms with E-state index in [2.05, 4.69) is 27.8 Å². The smallest absolute Gasteiger partial charge is 0.475 e. The van der Waals surface area contributed by atoms with E-state index in [1.54, 1.807) is 22.6 Å². The number of nitrogens with two attached hydrogens (primary N) is 1. The molecule has 1 amide bonds. The quantitative estimate of drug-likeness (QED) is 0.269. The third kappa shape index (κ3) is 8.15. The lowest BCUT2D eigenvalue weighted by Gasteiger charge is -2.31. The van der Waals surface area contributed by atoms with E-state index in [0.29, 0.717) is 24.8 Å². The zero-order valence-corrected chi connectivity index (χ0v) is 25.2. The first-order valence-electron chi connectivity index (χ1n) is 13.9. The molecule has 0 radical (unpaired) electrons. The van der Waals surface area contributed by atoms with Gasteiger partial charge in [0.1, 0.15) is 0 Å². The number of carbonyl (C=O) groups excluding carboxylic acids is 1. The number of hydrogen-bond donors (Lipinski definition) is 4. The van der Waals surface area contributed by atoms with Gasteiger partial charge in [-0.15, -0.1) is 11.3 Å². The summed E-state index contributed by atoms with van der Waals surface area (Å²) in [5, 5.41) is 13.7. The molecule has 2 saturated heterocycles. The molecule has 2 aliphatic heterocycles. The third-order valence-electron chi connectivity index (χ3n) is 7.66. The number of hydrogen-bond acceptors (Lipinski definition) is 7. The van der Waals surface area contributed by atoms with Crippen LogP contribution in [0, 0.1) is 0 Å². The SMILES string of the molecule is CCS(=O)(=O)N1CCC(c2c[nH]c3c(C(N)=O)cc(-c4csc(CNC[C@@H]5CCCO5)c4)cc23)CC1.O=C(O)C(F)(F)F. The number of carbonyl (C=O) groups is 2. The van der Waals surface area contributed by atoms with Crippen molar-refractivity contribution in [1.82, 2.24) is 14.6 Å². The number of halogens is 3. The fourth-order valence-electron chi connectivity index (χ4n) is 5.37. The Morgan fingerprint density at radius 2 is 1.88 bits per heavy atom. The van der Waals surface area contributed by atoms with E-state index in [-0.39, 0.29) is 11.7 Å². The number of carboxylic acid groups (broad SMARTS) is 1. The third-order valence-corrected chi connectivity index (χ3v) is 10.5. The van der Waals surface area contributed by atoms with E-state index in [9.17, 15) is 26.4 Å². The summed E-state index contributed by atoms with van der Waals surface area (Å²) in [7, 11) is -3.17. The highest BCUT2D eigenvalue weighted by atomic mass is 32.2. The van der Waals surface area contributed by atoms with E-state index in [0.717, 1.165) is 73.0 Å². The van der Waals surface area contributed by atoms with E-state index in [1.807, 2.05) is 12.3 Å². The molecule has 10 nitrogen and oxygen atoms in total. The number of alkyl halides is 3. The molecule has 0 spiro atoms. The zero-order valence-electron chi connectivity index (χ0n) is 23.6. The Balaban J connectivity index is 0.000000541. The number of thiophene rings is 1. The fraction of sp³-hybridized carbons (Fsp3) is 0.500. The molecule has 5 N–H and O–H groups in total. The molecule has 2 aromatic heterocycles. The topological polar surface area (TPSA) is 155 Å². The molecule has 2 fully saturated rings. The van der Waals surface area contributed by atoms with Crippen LogP contribution in [0.4, 0.5) is 13.2 Å². The Morgan fingerprint density at radius 1 is 1.19 bits per heavy atom. The average Bonchev–Trinajstić information content (AvgIpc) is 3.74. The number of nitrogens with one attached hydrogen (secondary N) is 2. The van der Waals surface area contributed by atoms with Crippen LogP contribution in [0.2, 0.25) is 0 Å². The monoisotopic (exact) mass is 644 g/mol. The number of carboxylic acids is 1. The minimum absolute atomic E-state index is 0.128. The van der Waals surface area contributed by atoms with Crippen LogP contribution in [-0.4, -0.2) is 79.0 Å². The number of amides is 1. The van der Waals surface area contributed by atoms with Gasteiger partial charge < -0.3 is 25.9 Å². The summed E-state index contributed by atoms with van der Waals surface area (Å²) in [6, 6.07) is 6.17. The molecule has 2 aliphatic rings. The van der Waals surface area contributed by atoms with Gasteiger partial charge in [-0.05, 0) is 78.8 Å². The first kappa shape index (κ1) is 32.9. The highest BCUT2D eigenvalue weighted by Gasteiger charge is 2.38. The average molecular weight is 645 g/mol. The number of primary amides is 1. The highest BCUT2D eigenvalue weighted by molar-refractivity contribution is 7.89. The van der Waals surface area contributed by atoms with E-state index in [1.165, 1.54) is 4.88 Å². The molecule has 0 bridgehead atoms. The lowest BCUT2D eigenvalue weighted by Crippen LogP contribution is -2.38. The number of fused-ring (bicyclic) bond motifs is 1. The number of sulfonamides is 1. The van der Waals surface area contributed by atoms with Crippen LogP contribution in [0.5, 0.6) is 0 Å². The van der Waals surface area contributed by atoms with Crippen molar-refractivity contribution in [3.05, 3.63) is 45.8 Å². The van der Waals surface area contributed by atoms with Crippen LogP contribution >= 0.6 is 11.3 Å². The molecular weight excluding hydrogens is 609 g/mol. The van der Waals surface area contributed by atoms with Gasteiger partial charge in [0.05, 0.1) is 22.9 Å². The second-order valence-electron chi connectivity index (χ2n) is 10.5. The Hall–Kier alpha value is -2.98. The minimum atomic E-state index is -5.08. The Labute approximate surface area is 251 Å². The maximum atomic E-state index is 12.4. The molecule has 4 heterocycles. The molecule has 1 atom stereocenters. The molecule has 5 rings (SSSR count). The summed E-state index contributed by atoms with van der Waals surface area (Å²) in [5.74, 6) is -2.87. The predicted octanol–water partition coefficient (Wildman–Crippen LogP) is 4.43. The van der Waals surface area contributed by atoms with Crippen molar-refractivity contribution in [3.63, 3.8) is 0 Å². The van der Waals surface area contributed by atoms with E-state index >= 15 is 0 Å². The molecule has 0 saturated carbocycles.